The highest BCUT2D eigenvalue weighted by Crippen LogP contribution is 2.58. The molecule has 0 amide bonds. The summed E-state index contributed by atoms with van der Waals surface area (Å²) in [5.74, 6) is 0. The lowest BCUT2D eigenvalue weighted by Crippen LogP contribution is -2.28. The van der Waals surface area contributed by atoms with Gasteiger partial charge in [0.2, 0.25) is 0 Å². The van der Waals surface area contributed by atoms with Gasteiger partial charge in [-0.15, -0.1) is 0 Å². The molecule has 0 bridgehead atoms. The van der Waals surface area contributed by atoms with Crippen LogP contribution in [0, 0.1) is 6.92 Å². The number of nitrogens with zero attached hydrogens (tertiary/aromatic N) is 1. The highest BCUT2D eigenvalue weighted by Gasteiger charge is 2.46. The summed E-state index contributed by atoms with van der Waals surface area (Å²) in [6.45, 7) is 9.35. The maximum Gasteiger partial charge on any atom is 0.0714 e. The highest BCUT2D eigenvalue weighted by atomic mass is 15.1. The Balaban J connectivity index is 1.07. The minimum absolute atomic E-state index is 0.167. The Bertz CT molecular complexity index is 3130. The Labute approximate surface area is 372 Å². The van der Waals surface area contributed by atoms with E-state index in [0.717, 1.165) is 17.1 Å². The van der Waals surface area contributed by atoms with E-state index in [4.69, 9.17) is 0 Å². The van der Waals surface area contributed by atoms with E-state index in [1.165, 1.54) is 89.0 Å². The maximum atomic E-state index is 2.46. The van der Waals surface area contributed by atoms with Gasteiger partial charge in [-0.1, -0.05) is 202 Å². The Kier molecular flexibility index (Phi) is 9.25. The quantitative estimate of drug-likeness (QED) is 0.148. The number of benzene rings is 9. The van der Waals surface area contributed by atoms with Gasteiger partial charge in [-0.25, -0.2) is 0 Å². The van der Waals surface area contributed by atoms with Crippen molar-refractivity contribution in [2.75, 3.05) is 4.90 Å². The summed E-state index contributed by atoms with van der Waals surface area (Å²) < 4.78 is 0. The van der Waals surface area contributed by atoms with Crippen LogP contribution in [0.15, 0.2) is 224 Å². The molecule has 0 radical (unpaired) electrons. The summed E-state index contributed by atoms with van der Waals surface area (Å²) in [4.78, 5) is 2.43. The second-order valence-corrected chi connectivity index (χ2v) is 17.7. The van der Waals surface area contributed by atoms with Crippen molar-refractivity contribution in [2.24, 2.45) is 0 Å². The van der Waals surface area contributed by atoms with Gasteiger partial charge in [-0.3, -0.25) is 0 Å². The summed E-state index contributed by atoms with van der Waals surface area (Å²) >= 11 is 0. The zero-order valence-corrected chi connectivity index (χ0v) is 36.3. The third-order valence-electron chi connectivity index (χ3n) is 13.9. The first-order valence-electron chi connectivity index (χ1n) is 22.2. The SMILES string of the molecule is CC1=C(c2ccccc2C)C(C)(C)c2c1cccc2-c1ccc(N(c2ccc(-c3ccccc3)cc2)c2ccc3c(c2)C(c2ccccc2)(c2ccccc2)c2ccccc2-3)cc1. The zero-order chi connectivity index (χ0) is 42.7. The summed E-state index contributed by atoms with van der Waals surface area (Å²) in [5, 5.41) is 0. The van der Waals surface area contributed by atoms with Crippen molar-refractivity contribution in [3.63, 3.8) is 0 Å². The third kappa shape index (κ3) is 6.06. The molecule has 0 N–H and O–H groups in total. The predicted octanol–water partition coefficient (Wildman–Crippen LogP) is 16.4. The number of anilines is 3. The van der Waals surface area contributed by atoms with E-state index in [1.54, 1.807) is 0 Å². The van der Waals surface area contributed by atoms with Crippen LogP contribution in [0.3, 0.4) is 0 Å². The molecule has 0 fully saturated rings. The molecule has 0 heterocycles. The Morgan fingerprint density at radius 3 is 1.46 bits per heavy atom. The minimum atomic E-state index is -0.499. The number of rotatable bonds is 8. The number of hydrogen-bond acceptors (Lipinski definition) is 1. The Morgan fingerprint density at radius 1 is 0.349 bits per heavy atom. The first-order chi connectivity index (χ1) is 30.9. The first kappa shape index (κ1) is 38.4. The van der Waals surface area contributed by atoms with Crippen LogP contribution in [0.5, 0.6) is 0 Å². The molecule has 2 aliphatic rings. The third-order valence-corrected chi connectivity index (χ3v) is 13.9. The van der Waals surface area contributed by atoms with E-state index in [9.17, 15) is 0 Å². The van der Waals surface area contributed by atoms with Crippen LogP contribution in [0.25, 0.3) is 44.5 Å². The van der Waals surface area contributed by atoms with Gasteiger partial charge in [0.05, 0.1) is 5.41 Å². The predicted molar refractivity (Wildman–Crippen MR) is 266 cm³/mol. The Hall–Kier alpha value is -7.48. The van der Waals surface area contributed by atoms with Crippen LogP contribution in [0.2, 0.25) is 0 Å². The Morgan fingerprint density at radius 2 is 0.825 bits per heavy atom. The van der Waals surface area contributed by atoms with Crippen molar-refractivity contribution in [2.45, 2.75) is 38.5 Å². The van der Waals surface area contributed by atoms with E-state index >= 15 is 0 Å². The van der Waals surface area contributed by atoms with Gasteiger partial charge in [-0.2, -0.15) is 0 Å². The van der Waals surface area contributed by atoms with Crippen LogP contribution in [0.4, 0.5) is 17.1 Å². The number of fused-ring (bicyclic) bond motifs is 4. The number of aryl methyl sites for hydroxylation is 1. The van der Waals surface area contributed by atoms with Gasteiger partial charge in [0.1, 0.15) is 0 Å². The summed E-state index contributed by atoms with van der Waals surface area (Å²) in [6.07, 6.45) is 0. The smallest absolute Gasteiger partial charge is 0.0714 e. The lowest BCUT2D eigenvalue weighted by atomic mass is 9.67. The summed E-state index contributed by atoms with van der Waals surface area (Å²) in [5.41, 5.74) is 23.4. The summed E-state index contributed by atoms with van der Waals surface area (Å²) in [6, 6.07) is 83.0. The first-order valence-corrected chi connectivity index (χ1v) is 22.2. The van der Waals surface area contributed by atoms with Crippen LogP contribution >= 0.6 is 0 Å². The van der Waals surface area contributed by atoms with Gasteiger partial charge >= 0.3 is 0 Å². The van der Waals surface area contributed by atoms with Crippen molar-refractivity contribution >= 4 is 28.2 Å². The molecule has 63 heavy (non-hydrogen) atoms. The molecule has 1 nitrogen and oxygen atoms in total. The van der Waals surface area contributed by atoms with Crippen LogP contribution in [0.1, 0.15) is 65.3 Å². The molecule has 9 aromatic rings. The molecule has 11 rings (SSSR count). The molecule has 9 aromatic carbocycles. The second kappa shape index (κ2) is 15.2. The highest BCUT2D eigenvalue weighted by molar-refractivity contribution is 6.03. The number of allylic oxidation sites excluding steroid dienone is 2. The van der Waals surface area contributed by atoms with E-state index in [-0.39, 0.29) is 5.41 Å². The standard InChI is InChI=1S/C62H49N/c1-42-19-14-15-26-52(42)59-43(2)53-28-18-29-54(60(53)61(59,3)4)46-33-37-50(38-34-46)63(49-35-31-45(32-36-49)44-20-8-5-9-21-44)51-39-40-56-55-27-16-17-30-57(55)62(58(56)41-51,47-22-10-6-11-23-47)48-24-12-7-13-25-48/h5-41H,1-4H3. The fourth-order valence-electron chi connectivity index (χ4n) is 11.1. The molecule has 0 unspecified atom stereocenters. The van der Waals surface area contributed by atoms with Gasteiger partial charge in [0.15, 0.2) is 0 Å². The summed E-state index contributed by atoms with van der Waals surface area (Å²) in [7, 11) is 0. The van der Waals surface area contributed by atoms with Gasteiger partial charge < -0.3 is 4.90 Å². The molecule has 302 valence electrons. The number of hydrogen-bond donors (Lipinski definition) is 0. The average Bonchev–Trinajstić information content (AvgIpc) is 3.74. The minimum Gasteiger partial charge on any atom is -0.310 e. The van der Waals surface area contributed by atoms with Gasteiger partial charge in [0, 0.05) is 22.5 Å². The van der Waals surface area contributed by atoms with E-state index in [2.05, 4.69) is 257 Å². The normalized spacial score (nSPS) is 14.2. The fourth-order valence-corrected chi connectivity index (χ4v) is 11.1. The molecule has 0 saturated carbocycles. The monoisotopic (exact) mass is 807 g/mol. The topological polar surface area (TPSA) is 3.24 Å². The molecule has 0 saturated heterocycles. The van der Waals surface area contributed by atoms with Crippen molar-refractivity contribution in [1.29, 1.82) is 0 Å². The fraction of sp³-hybridized carbons (Fsp3) is 0.0968. The molecule has 0 spiro atoms. The molecule has 0 aromatic heterocycles. The lowest BCUT2D eigenvalue weighted by Gasteiger charge is -2.35. The molecule has 0 aliphatic heterocycles. The molecule has 1 heteroatoms. The zero-order valence-electron chi connectivity index (χ0n) is 36.3. The lowest BCUT2D eigenvalue weighted by molar-refractivity contribution is 0.705. The van der Waals surface area contributed by atoms with Crippen molar-refractivity contribution < 1.29 is 0 Å². The van der Waals surface area contributed by atoms with E-state index < -0.39 is 5.41 Å². The van der Waals surface area contributed by atoms with E-state index in [0.29, 0.717) is 0 Å². The molecule has 2 aliphatic carbocycles. The van der Waals surface area contributed by atoms with Crippen LogP contribution in [-0.2, 0) is 10.8 Å². The van der Waals surface area contributed by atoms with Gasteiger partial charge in [0.25, 0.3) is 0 Å². The van der Waals surface area contributed by atoms with Crippen molar-refractivity contribution in [1.82, 2.24) is 0 Å². The molecule has 0 atom stereocenters. The maximum absolute atomic E-state index is 2.46. The molecular weight excluding hydrogens is 759 g/mol. The van der Waals surface area contributed by atoms with Gasteiger partial charge in [-0.05, 0) is 139 Å². The second-order valence-electron chi connectivity index (χ2n) is 17.7. The van der Waals surface area contributed by atoms with Crippen LogP contribution < -0.4 is 4.90 Å². The van der Waals surface area contributed by atoms with E-state index in [1.807, 2.05) is 0 Å². The largest absolute Gasteiger partial charge is 0.310 e. The van der Waals surface area contributed by atoms with Crippen molar-refractivity contribution in [3.05, 3.63) is 269 Å². The van der Waals surface area contributed by atoms with Crippen LogP contribution in [-0.4, -0.2) is 0 Å². The molecular formula is C62H49N. The van der Waals surface area contributed by atoms with Crippen molar-refractivity contribution in [3.8, 4) is 33.4 Å². The average molecular weight is 808 g/mol.